The summed E-state index contributed by atoms with van der Waals surface area (Å²) >= 11 is 10.6. The molecule has 410 valence electrons. The summed E-state index contributed by atoms with van der Waals surface area (Å²) in [4.78, 5) is 61.4. The van der Waals surface area contributed by atoms with Crippen molar-refractivity contribution in [3.05, 3.63) is 180 Å². The molecule has 9 unspecified atom stereocenters. The van der Waals surface area contributed by atoms with Crippen LogP contribution in [0.3, 0.4) is 0 Å². The monoisotopic (exact) mass is 1220 g/mol. The summed E-state index contributed by atoms with van der Waals surface area (Å²) in [6.07, 6.45) is 17.1. The van der Waals surface area contributed by atoms with E-state index < -0.39 is 55.3 Å². The van der Waals surface area contributed by atoms with Crippen LogP contribution in [0.1, 0.15) is 79.2 Å². The highest BCUT2D eigenvalue weighted by Crippen LogP contribution is 2.68. The van der Waals surface area contributed by atoms with Crippen LogP contribution in [0.15, 0.2) is 158 Å². The second-order valence-corrected chi connectivity index (χ2v) is 30.7. The van der Waals surface area contributed by atoms with Gasteiger partial charge in [-0.15, -0.1) is 11.8 Å². The first-order valence-electron chi connectivity index (χ1n) is 25.1. The lowest BCUT2D eigenvalue weighted by molar-refractivity contribution is -0.163. The molecule has 4 aliphatic carbocycles. The zero-order valence-corrected chi connectivity index (χ0v) is 50.9. The number of carbonyl (C=O) groups excluding carboxylic acids is 5. The standard InChI is InChI=1S/C21H22O5S.C21H22O4S.C14H10.C2H4O.H2O.P2S5/c1-3-25-19(22)21(20(23)26-4-2)17-13-9-5-7-11-15(13)18(27(21)24)16-12-8-6-10-14(16)17;1-3-24-19(22)21(20(23)25-4-2)17-13-9-5-7-11-15(13)18(26-21)16-12-8-6-10-14(16)17;1-2-6-12-10-14-8-4-3-7-13(14)9-11(12)5-1;1-2-3;;3-1-2-5-7-6-4/h5-13,15,17-18H,3-4H2,1-2H3;5-13,15,17-18H,3-4H2,1-2H3;1-10H;2H,1H3;1H2;. The minimum Gasteiger partial charge on any atom is -0.464 e. The minimum atomic E-state index is -1.83. The average Bonchev–Trinajstić information content (AvgIpc) is 3.61. The van der Waals surface area contributed by atoms with Crippen LogP contribution in [-0.2, 0) is 104 Å². The lowest BCUT2D eigenvalue weighted by Crippen LogP contribution is -2.65. The summed E-state index contributed by atoms with van der Waals surface area (Å²) in [5.74, 6) is -3.10. The van der Waals surface area contributed by atoms with Crippen LogP contribution in [0.2, 0.25) is 0 Å². The molecule has 5 aromatic rings. The molecule has 11 nitrogen and oxygen atoms in total. The molecule has 0 aromatic heterocycles. The van der Waals surface area contributed by atoms with Gasteiger partial charge in [-0.2, -0.15) is 0 Å². The number of fused-ring (bicyclic) bond motifs is 4. The number of allylic oxidation sites excluding steroid dienone is 8. The molecule has 4 bridgehead atoms. The maximum atomic E-state index is 13.8. The quantitative estimate of drug-likeness (QED) is 0.0341. The molecule has 0 saturated carbocycles. The summed E-state index contributed by atoms with van der Waals surface area (Å²) in [6.45, 7) is 9.04. The molecule has 5 aromatic carbocycles. The fourth-order valence-electron chi connectivity index (χ4n) is 11.3. The molecule has 78 heavy (non-hydrogen) atoms. The van der Waals surface area contributed by atoms with Gasteiger partial charge in [0.2, 0.25) is 9.49 Å². The molecule has 4 heterocycles. The minimum absolute atomic E-state index is 0. The summed E-state index contributed by atoms with van der Waals surface area (Å²) in [6, 6.07) is 37.3. The molecule has 0 spiro atoms. The van der Waals surface area contributed by atoms with E-state index in [4.69, 9.17) is 23.7 Å². The first kappa shape index (κ1) is 62.5. The zero-order valence-electron chi connectivity index (χ0n) is 43.4. The third-order valence-corrected chi connectivity index (χ3v) is 28.0. The molecule has 9 atom stereocenters. The number of esters is 4. The van der Waals surface area contributed by atoms with Crippen molar-refractivity contribution in [2.75, 3.05) is 26.4 Å². The van der Waals surface area contributed by atoms with Gasteiger partial charge in [-0.25, -0.2) is 19.2 Å². The van der Waals surface area contributed by atoms with Crippen LogP contribution in [0.5, 0.6) is 0 Å². The molecule has 20 heteroatoms. The van der Waals surface area contributed by atoms with Gasteiger partial charge < -0.3 is 29.2 Å². The van der Waals surface area contributed by atoms with E-state index in [2.05, 4.69) is 108 Å². The van der Waals surface area contributed by atoms with Crippen LogP contribution in [0.4, 0.5) is 0 Å². The molecular formula is C58H60O11P2S7. The largest absolute Gasteiger partial charge is 0.464 e. The summed E-state index contributed by atoms with van der Waals surface area (Å²) in [5, 5.41) is 4.82. The van der Waals surface area contributed by atoms with Gasteiger partial charge in [0.25, 0.3) is 0 Å². The molecule has 4 aliphatic heterocycles. The van der Waals surface area contributed by atoms with Crippen molar-refractivity contribution in [3.63, 3.8) is 0 Å². The third kappa shape index (κ3) is 12.4. The number of hydrogen-bond donors (Lipinski definition) is 0. The molecule has 13 rings (SSSR count). The van der Waals surface area contributed by atoms with Crippen molar-refractivity contribution in [1.29, 1.82) is 0 Å². The first-order valence-corrected chi connectivity index (χ1v) is 35.7. The van der Waals surface area contributed by atoms with Crippen LogP contribution < -0.4 is 0 Å². The lowest BCUT2D eigenvalue weighted by atomic mass is 9.62. The Hall–Kier alpha value is -4.71. The zero-order chi connectivity index (χ0) is 55.1. The summed E-state index contributed by atoms with van der Waals surface area (Å²) in [5.41, 5.74) is 4.13. The molecule has 0 amide bonds. The van der Waals surface area contributed by atoms with Crippen LogP contribution in [-0.4, -0.2) is 75.8 Å². The van der Waals surface area contributed by atoms with E-state index in [1.54, 1.807) is 46.1 Å². The van der Waals surface area contributed by atoms with Gasteiger partial charge in [0.15, 0.2) is 0 Å². The van der Waals surface area contributed by atoms with E-state index >= 15 is 0 Å². The van der Waals surface area contributed by atoms with Gasteiger partial charge in [0, 0.05) is 43.0 Å². The number of rotatable bonds is 9. The Morgan fingerprint density at radius 1 is 0.603 bits per heavy atom. The van der Waals surface area contributed by atoms with E-state index in [1.165, 1.54) is 61.7 Å². The topological polar surface area (TPSA) is 171 Å². The number of hydrogen-bond acceptors (Lipinski definition) is 13. The molecule has 2 fully saturated rings. The molecule has 0 radical (unpaired) electrons. The van der Waals surface area contributed by atoms with Gasteiger partial charge in [0.1, 0.15) is 6.29 Å². The Morgan fingerprint density at radius 3 is 1.44 bits per heavy atom. The van der Waals surface area contributed by atoms with Crippen molar-refractivity contribution < 1.29 is 52.6 Å². The molecule has 2 saturated heterocycles. The second kappa shape index (κ2) is 29.7. The Kier molecular flexibility index (Phi) is 23.8. The van der Waals surface area contributed by atoms with Crippen molar-refractivity contribution in [2.24, 2.45) is 23.7 Å². The van der Waals surface area contributed by atoms with Gasteiger partial charge in [0.05, 0.1) is 42.5 Å². The van der Waals surface area contributed by atoms with E-state index in [1.807, 2.05) is 72.8 Å². The first-order chi connectivity index (χ1) is 37.5. The third-order valence-electron chi connectivity index (χ3n) is 14.0. The van der Waals surface area contributed by atoms with Crippen molar-refractivity contribution in [1.82, 2.24) is 0 Å². The predicted octanol–water partition coefficient (Wildman–Crippen LogP) is 11.7. The summed E-state index contributed by atoms with van der Waals surface area (Å²) in [7, 11) is 5.02. The van der Waals surface area contributed by atoms with Crippen molar-refractivity contribution in [3.8, 4) is 0 Å². The Labute approximate surface area is 484 Å². The van der Waals surface area contributed by atoms with Gasteiger partial charge in [-0.3, -0.25) is 4.21 Å². The smallest absolute Gasteiger partial charge is 0.337 e. The SMILES string of the molecule is CC=O.CCOC(=O)C1(C(=O)OCC)C2c3ccccc3C(C3C=CC=CC32)S1=O.CCOC(=O)C1(C(=O)OCC)SC2c3ccccc3C1C1C=CC=CC21.O.S=PP=S=S=S=S.c1ccc2cc3ccccc3cc2c1. The highest BCUT2D eigenvalue weighted by Gasteiger charge is 2.72. The Morgan fingerprint density at radius 2 is 0.987 bits per heavy atom. The Bertz CT molecular complexity index is 3190. The summed E-state index contributed by atoms with van der Waals surface area (Å²) < 4.78 is 32.0. The Balaban J connectivity index is 0.000000179. The van der Waals surface area contributed by atoms with E-state index in [9.17, 15) is 23.4 Å². The normalized spacial score (nSPS) is 23.7. The average molecular weight is 1220 g/mol. The van der Waals surface area contributed by atoms with Gasteiger partial charge in [-0.1, -0.05) is 146 Å². The van der Waals surface area contributed by atoms with Gasteiger partial charge in [-0.05, 0) is 153 Å². The number of ether oxygens (including phenoxy) is 4. The van der Waals surface area contributed by atoms with E-state index in [0.717, 1.165) is 30.0 Å². The number of aldehydes is 1. The maximum absolute atomic E-state index is 13.8. The predicted molar refractivity (Wildman–Crippen MR) is 330 cm³/mol. The molecular weight excluding hydrogens is 1160 g/mol. The number of carbonyl (C=O) groups is 5. The van der Waals surface area contributed by atoms with Gasteiger partial charge >= 0.3 is 23.9 Å². The lowest BCUT2D eigenvalue weighted by Gasteiger charge is -2.55. The van der Waals surface area contributed by atoms with E-state index in [0.29, 0.717) is 0 Å². The maximum Gasteiger partial charge on any atom is 0.337 e. The van der Waals surface area contributed by atoms with Crippen LogP contribution in [0, 0.1) is 23.7 Å². The number of thioether (sulfide) groups is 1. The van der Waals surface area contributed by atoms with Crippen molar-refractivity contribution in [2.45, 2.75) is 66.4 Å². The molecule has 2 N–H and O–H groups in total. The van der Waals surface area contributed by atoms with E-state index in [-0.39, 0.29) is 66.7 Å². The highest BCUT2D eigenvalue weighted by atomic mass is 33.3. The van der Waals surface area contributed by atoms with Crippen LogP contribution in [0.25, 0.3) is 21.5 Å². The van der Waals surface area contributed by atoms with Crippen molar-refractivity contribution >= 4 is 139 Å². The van der Waals surface area contributed by atoms with Crippen LogP contribution >= 0.6 is 25.9 Å². The molecule has 8 aliphatic rings. The fraction of sp³-hybridized carbons (Fsp3) is 0.328. The second-order valence-electron chi connectivity index (χ2n) is 17.8. The highest BCUT2D eigenvalue weighted by molar-refractivity contribution is 8.63. The number of benzene rings is 5. The fourth-order valence-corrected chi connectivity index (χ4v) is 25.2.